The Kier molecular flexibility index (Phi) is 6.94. The number of likely N-dealkylation sites (tertiary alicyclic amines) is 1. The van der Waals surface area contributed by atoms with Gasteiger partial charge in [0.05, 0.1) is 13.1 Å². The van der Waals surface area contributed by atoms with E-state index in [0.29, 0.717) is 12.1 Å². The molecule has 1 aliphatic rings. The van der Waals surface area contributed by atoms with Gasteiger partial charge < -0.3 is 15.5 Å². The van der Waals surface area contributed by atoms with Gasteiger partial charge in [-0.3, -0.25) is 19.3 Å². The summed E-state index contributed by atoms with van der Waals surface area (Å²) in [5.41, 5.74) is 1.61. The fourth-order valence-electron chi connectivity index (χ4n) is 2.83. The van der Waals surface area contributed by atoms with Crippen molar-refractivity contribution in [1.82, 2.24) is 20.4 Å². The summed E-state index contributed by atoms with van der Waals surface area (Å²) in [6, 6.07) is 7.26. The predicted octanol–water partition coefficient (Wildman–Crippen LogP) is 0.217. The zero-order valence-corrected chi connectivity index (χ0v) is 14.9. The minimum atomic E-state index is -0.169. The molecule has 7 nitrogen and oxygen atoms in total. The molecule has 2 rings (SSSR count). The molecule has 0 aromatic heterocycles. The van der Waals surface area contributed by atoms with Gasteiger partial charge in [0.25, 0.3) is 5.91 Å². The number of carbonyl (C=O) groups excluding carboxylic acids is 3. The van der Waals surface area contributed by atoms with Gasteiger partial charge in [0.15, 0.2) is 0 Å². The molecule has 0 atom stereocenters. The third-order valence-corrected chi connectivity index (χ3v) is 4.20. The Hall–Kier alpha value is -2.41. The van der Waals surface area contributed by atoms with E-state index in [1.807, 2.05) is 24.1 Å². The van der Waals surface area contributed by atoms with E-state index < -0.39 is 0 Å². The van der Waals surface area contributed by atoms with Crippen LogP contribution in [0.2, 0.25) is 0 Å². The summed E-state index contributed by atoms with van der Waals surface area (Å²) in [6.45, 7) is 2.45. The molecule has 1 aromatic rings. The third-order valence-electron chi connectivity index (χ3n) is 4.20. The van der Waals surface area contributed by atoms with E-state index in [-0.39, 0.29) is 30.8 Å². The van der Waals surface area contributed by atoms with Crippen molar-refractivity contribution in [2.75, 3.05) is 40.3 Å². The number of carbonyl (C=O) groups is 3. The molecule has 3 amide bonds. The molecule has 0 radical (unpaired) electrons. The second-order valence-corrected chi connectivity index (χ2v) is 6.31. The normalized spacial score (nSPS) is 13.8. The van der Waals surface area contributed by atoms with E-state index in [0.717, 1.165) is 31.5 Å². The van der Waals surface area contributed by atoms with Gasteiger partial charge in [-0.15, -0.1) is 0 Å². The summed E-state index contributed by atoms with van der Waals surface area (Å²) in [6.07, 6.45) is 2.09. The van der Waals surface area contributed by atoms with E-state index in [2.05, 4.69) is 10.6 Å². The van der Waals surface area contributed by atoms with Crippen molar-refractivity contribution >= 4 is 17.7 Å². The van der Waals surface area contributed by atoms with Crippen LogP contribution < -0.4 is 10.6 Å². The predicted molar refractivity (Wildman–Crippen MR) is 95.0 cm³/mol. The van der Waals surface area contributed by atoms with Crippen LogP contribution in [0.25, 0.3) is 0 Å². The maximum Gasteiger partial charge on any atom is 0.251 e. The average molecular weight is 346 g/mol. The van der Waals surface area contributed by atoms with Gasteiger partial charge in [0.1, 0.15) is 0 Å². The molecule has 0 aliphatic carbocycles. The molecule has 1 aromatic carbocycles. The second kappa shape index (κ2) is 9.17. The number of hydrogen-bond donors (Lipinski definition) is 2. The van der Waals surface area contributed by atoms with E-state index >= 15 is 0 Å². The van der Waals surface area contributed by atoms with Crippen LogP contribution in [-0.4, -0.2) is 67.8 Å². The number of rotatable bonds is 7. The summed E-state index contributed by atoms with van der Waals surface area (Å²) in [4.78, 5) is 39.0. The first-order chi connectivity index (χ1) is 12.0. The minimum Gasteiger partial charge on any atom is -0.355 e. The maximum absolute atomic E-state index is 12.0. The Morgan fingerprint density at radius 3 is 2.36 bits per heavy atom. The lowest BCUT2D eigenvalue weighted by molar-refractivity contribution is -0.132. The molecule has 2 N–H and O–H groups in total. The van der Waals surface area contributed by atoms with Crippen LogP contribution >= 0.6 is 0 Å². The van der Waals surface area contributed by atoms with Gasteiger partial charge in [0.2, 0.25) is 11.8 Å². The first kappa shape index (κ1) is 18.9. The molecule has 1 fully saturated rings. The number of nitrogens with zero attached hydrogens (tertiary/aromatic N) is 2. The summed E-state index contributed by atoms with van der Waals surface area (Å²) >= 11 is 0. The van der Waals surface area contributed by atoms with Gasteiger partial charge in [-0.1, -0.05) is 12.1 Å². The number of likely N-dealkylation sites (N-methyl/N-ethyl adjacent to an activating group) is 1. The smallest absolute Gasteiger partial charge is 0.251 e. The highest BCUT2D eigenvalue weighted by Crippen LogP contribution is 2.08. The lowest BCUT2D eigenvalue weighted by atomic mass is 10.1. The SMILES string of the molecule is CNC(=O)c1ccc(CN(C)CC(=O)NCC(=O)N2CCCC2)cc1. The van der Waals surface area contributed by atoms with Gasteiger partial charge >= 0.3 is 0 Å². The monoisotopic (exact) mass is 346 g/mol. The Balaban J connectivity index is 1.73. The molecule has 7 heteroatoms. The van der Waals surface area contributed by atoms with Crippen LogP contribution in [-0.2, 0) is 16.1 Å². The fraction of sp³-hybridized carbons (Fsp3) is 0.500. The van der Waals surface area contributed by atoms with Crippen molar-refractivity contribution in [3.8, 4) is 0 Å². The zero-order valence-electron chi connectivity index (χ0n) is 14.9. The zero-order chi connectivity index (χ0) is 18.2. The molecule has 0 bridgehead atoms. The van der Waals surface area contributed by atoms with Crippen LogP contribution in [0.4, 0.5) is 0 Å². The molecule has 1 aliphatic heterocycles. The van der Waals surface area contributed by atoms with Crippen molar-refractivity contribution in [1.29, 1.82) is 0 Å². The molecule has 25 heavy (non-hydrogen) atoms. The highest BCUT2D eigenvalue weighted by Gasteiger charge is 2.18. The molecule has 0 spiro atoms. The van der Waals surface area contributed by atoms with Crippen molar-refractivity contribution in [3.05, 3.63) is 35.4 Å². The quantitative estimate of drug-likeness (QED) is 0.740. The molecular formula is C18H26N4O3. The standard InChI is InChI=1S/C18H26N4O3/c1-19-18(25)15-7-5-14(6-8-15)12-21(2)13-16(23)20-11-17(24)22-9-3-4-10-22/h5-8H,3-4,9-13H2,1-2H3,(H,19,25)(H,20,23). The van der Waals surface area contributed by atoms with E-state index in [1.54, 1.807) is 24.1 Å². The average Bonchev–Trinajstić information content (AvgIpc) is 3.14. The van der Waals surface area contributed by atoms with E-state index in [4.69, 9.17) is 0 Å². The van der Waals surface area contributed by atoms with Crippen LogP contribution in [0.3, 0.4) is 0 Å². The summed E-state index contributed by atoms with van der Waals surface area (Å²) < 4.78 is 0. The summed E-state index contributed by atoms with van der Waals surface area (Å²) in [7, 11) is 3.44. The van der Waals surface area contributed by atoms with E-state index in [1.165, 1.54) is 0 Å². The maximum atomic E-state index is 12.0. The number of amides is 3. The van der Waals surface area contributed by atoms with Crippen LogP contribution in [0, 0.1) is 0 Å². The molecule has 0 saturated carbocycles. The third kappa shape index (κ3) is 5.86. The number of hydrogen-bond acceptors (Lipinski definition) is 4. The Morgan fingerprint density at radius 1 is 1.12 bits per heavy atom. The highest BCUT2D eigenvalue weighted by molar-refractivity contribution is 5.93. The van der Waals surface area contributed by atoms with Crippen molar-refractivity contribution in [2.24, 2.45) is 0 Å². The fourth-order valence-corrected chi connectivity index (χ4v) is 2.83. The van der Waals surface area contributed by atoms with Crippen LogP contribution in [0.15, 0.2) is 24.3 Å². The molecular weight excluding hydrogens is 320 g/mol. The Morgan fingerprint density at radius 2 is 1.76 bits per heavy atom. The molecule has 1 saturated heterocycles. The Labute approximate surface area is 148 Å². The van der Waals surface area contributed by atoms with Crippen molar-refractivity contribution in [3.63, 3.8) is 0 Å². The lowest BCUT2D eigenvalue weighted by Crippen LogP contribution is -2.42. The topological polar surface area (TPSA) is 81.8 Å². The second-order valence-electron chi connectivity index (χ2n) is 6.31. The van der Waals surface area contributed by atoms with Gasteiger partial charge in [0, 0.05) is 32.2 Å². The summed E-state index contributed by atoms with van der Waals surface area (Å²) in [5.74, 6) is -0.308. The first-order valence-corrected chi connectivity index (χ1v) is 8.53. The number of nitrogens with one attached hydrogen (secondary N) is 2. The van der Waals surface area contributed by atoms with Crippen molar-refractivity contribution < 1.29 is 14.4 Å². The van der Waals surface area contributed by atoms with Gasteiger partial charge in [-0.25, -0.2) is 0 Å². The molecule has 0 unspecified atom stereocenters. The molecule has 1 heterocycles. The van der Waals surface area contributed by atoms with Crippen LogP contribution in [0.1, 0.15) is 28.8 Å². The van der Waals surface area contributed by atoms with Gasteiger partial charge in [-0.05, 0) is 37.6 Å². The highest BCUT2D eigenvalue weighted by atomic mass is 16.2. The van der Waals surface area contributed by atoms with Crippen molar-refractivity contribution in [2.45, 2.75) is 19.4 Å². The summed E-state index contributed by atoms with van der Waals surface area (Å²) in [5, 5.41) is 5.26. The van der Waals surface area contributed by atoms with E-state index in [9.17, 15) is 14.4 Å². The van der Waals surface area contributed by atoms with Crippen LogP contribution in [0.5, 0.6) is 0 Å². The lowest BCUT2D eigenvalue weighted by Gasteiger charge is -2.18. The van der Waals surface area contributed by atoms with Gasteiger partial charge in [-0.2, -0.15) is 0 Å². The first-order valence-electron chi connectivity index (χ1n) is 8.53. The largest absolute Gasteiger partial charge is 0.355 e. The Bertz CT molecular complexity index is 609. The minimum absolute atomic E-state index is 0.0155. The number of benzene rings is 1. The molecule has 136 valence electrons.